The quantitative estimate of drug-likeness (QED) is 0.861. The molecule has 0 radical (unpaired) electrons. The molecule has 22 heavy (non-hydrogen) atoms. The van der Waals surface area contributed by atoms with Gasteiger partial charge in [-0.15, -0.1) is 0 Å². The third-order valence-corrected chi connectivity index (χ3v) is 4.24. The molecule has 0 saturated heterocycles. The Kier molecular flexibility index (Phi) is 3.39. The van der Waals surface area contributed by atoms with Crippen molar-refractivity contribution in [3.8, 4) is 11.6 Å². The maximum Gasteiger partial charge on any atom is 0.219 e. The van der Waals surface area contributed by atoms with E-state index in [2.05, 4.69) is 40.2 Å². The molecule has 1 aliphatic heterocycles. The molecule has 2 aliphatic rings. The zero-order valence-electron chi connectivity index (χ0n) is 12.4. The van der Waals surface area contributed by atoms with E-state index >= 15 is 0 Å². The van der Waals surface area contributed by atoms with E-state index in [1.807, 2.05) is 24.3 Å². The lowest BCUT2D eigenvalue weighted by molar-refractivity contribution is 0.370. The van der Waals surface area contributed by atoms with Gasteiger partial charge in [0.1, 0.15) is 5.75 Å². The van der Waals surface area contributed by atoms with Crippen molar-refractivity contribution in [3.63, 3.8) is 0 Å². The lowest BCUT2D eigenvalue weighted by Crippen LogP contribution is -2.26. The van der Waals surface area contributed by atoms with Crippen molar-refractivity contribution < 1.29 is 4.74 Å². The highest BCUT2D eigenvalue weighted by atomic mass is 16.5. The van der Waals surface area contributed by atoms with Crippen LogP contribution in [0.4, 0.5) is 0 Å². The molecule has 2 aromatic rings. The molecular formula is C19H18N2O. The fourth-order valence-corrected chi connectivity index (χ4v) is 2.94. The zero-order valence-corrected chi connectivity index (χ0v) is 12.4. The van der Waals surface area contributed by atoms with Crippen LogP contribution in [-0.4, -0.2) is 23.0 Å². The Labute approximate surface area is 130 Å². The van der Waals surface area contributed by atoms with Gasteiger partial charge in [-0.2, -0.15) is 0 Å². The zero-order chi connectivity index (χ0) is 14.8. The van der Waals surface area contributed by atoms with Gasteiger partial charge in [0.25, 0.3) is 0 Å². The number of pyridine rings is 1. The molecule has 0 fully saturated rings. The van der Waals surface area contributed by atoms with Crippen molar-refractivity contribution in [1.82, 2.24) is 9.88 Å². The van der Waals surface area contributed by atoms with Crippen LogP contribution in [0, 0.1) is 0 Å². The van der Waals surface area contributed by atoms with Crippen molar-refractivity contribution in [2.75, 3.05) is 13.1 Å². The Hall–Kier alpha value is -2.55. The fourth-order valence-electron chi connectivity index (χ4n) is 2.94. The average Bonchev–Trinajstić information content (AvgIpc) is 2.70. The predicted octanol–water partition coefficient (Wildman–Crippen LogP) is 3.73. The second kappa shape index (κ2) is 5.68. The summed E-state index contributed by atoms with van der Waals surface area (Å²) in [6.45, 7) is 2.15. The molecular weight excluding hydrogens is 272 g/mol. The van der Waals surface area contributed by atoms with Crippen molar-refractivity contribution in [3.05, 3.63) is 77.6 Å². The Bertz CT molecular complexity index is 734. The number of allylic oxidation sites excluding steroid dienone is 3. The van der Waals surface area contributed by atoms with E-state index in [1.165, 1.54) is 16.8 Å². The van der Waals surface area contributed by atoms with Crippen LogP contribution < -0.4 is 4.74 Å². The second-order valence-electron chi connectivity index (χ2n) is 5.64. The number of benzene rings is 1. The van der Waals surface area contributed by atoms with Crippen LogP contribution in [0.25, 0.3) is 0 Å². The van der Waals surface area contributed by atoms with E-state index in [0.29, 0.717) is 5.88 Å². The van der Waals surface area contributed by atoms with Crippen LogP contribution in [0.3, 0.4) is 0 Å². The highest BCUT2D eigenvalue weighted by Gasteiger charge is 2.16. The minimum Gasteiger partial charge on any atom is -0.439 e. The van der Waals surface area contributed by atoms with E-state index in [4.69, 9.17) is 4.74 Å². The number of hydrogen-bond donors (Lipinski definition) is 0. The Morgan fingerprint density at radius 3 is 2.59 bits per heavy atom. The molecule has 0 N–H and O–H groups in total. The van der Waals surface area contributed by atoms with Gasteiger partial charge in [-0.05, 0) is 54.3 Å². The fraction of sp³-hybridized carbons (Fsp3) is 0.211. The largest absolute Gasteiger partial charge is 0.439 e. The van der Waals surface area contributed by atoms with Crippen LogP contribution in [0.15, 0.2) is 66.5 Å². The van der Waals surface area contributed by atoms with Crippen LogP contribution >= 0.6 is 0 Å². The minimum atomic E-state index is 0.641. The maximum atomic E-state index is 5.84. The normalized spacial score (nSPS) is 16.4. The van der Waals surface area contributed by atoms with E-state index in [0.717, 1.165) is 31.7 Å². The highest BCUT2D eigenvalue weighted by molar-refractivity contribution is 5.40. The van der Waals surface area contributed by atoms with E-state index in [1.54, 1.807) is 6.20 Å². The molecule has 0 saturated carbocycles. The minimum absolute atomic E-state index is 0.641. The number of rotatable bonds is 3. The van der Waals surface area contributed by atoms with E-state index < -0.39 is 0 Å². The van der Waals surface area contributed by atoms with E-state index in [9.17, 15) is 0 Å². The first-order chi connectivity index (χ1) is 10.9. The van der Waals surface area contributed by atoms with Gasteiger partial charge in [-0.1, -0.05) is 18.2 Å². The molecule has 0 bridgehead atoms. The Morgan fingerprint density at radius 1 is 1.00 bits per heavy atom. The summed E-state index contributed by atoms with van der Waals surface area (Å²) in [4.78, 5) is 6.67. The van der Waals surface area contributed by atoms with Crippen molar-refractivity contribution in [2.24, 2.45) is 0 Å². The molecule has 3 heteroatoms. The van der Waals surface area contributed by atoms with Gasteiger partial charge in [0.15, 0.2) is 0 Å². The van der Waals surface area contributed by atoms with Crippen LogP contribution in [0.2, 0.25) is 0 Å². The van der Waals surface area contributed by atoms with Crippen LogP contribution in [-0.2, 0) is 12.8 Å². The summed E-state index contributed by atoms with van der Waals surface area (Å²) in [5, 5.41) is 0. The van der Waals surface area contributed by atoms with Gasteiger partial charge >= 0.3 is 0 Å². The first-order valence-electron chi connectivity index (χ1n) is 7.72. The van der Waals surface area contributed by atoms with Crippen molar-refractivity contribution in [1.29, 1.82) is 0 Å². The van der Waals surface area contributed by atoms with Gasteiger partial charge in [-0.3, -0.25) is 0 Å². The molecule has 0 atom stereocenters. The molecule has 1 aromatic heterocycles. The molecule has 0 unspecified atom stereocenters. The smallest absolute Gasteiger partial charge is 0.219 e. The van der Waals surface area contributed by atoms with Crippen LogP contribution in [0.1, 0.15) is 11.1 Å². The van der Waals surface area contributed by atoms with Gasteiger partial charge in [-0.25, -0.2) is 4.98 Å². The molecule has 4 rings (SSSR count). The van der Waals surface area contributed by atoms with Crippen molar-refractivity contribution in [2.45, 2.75) is 12.8 Å². The number of fused-ring (bicyclic) bond motifs is 1. The number of hydrogen-bond acceptors (Lipinski definition) is 3. The molecule has 0 amide bonds. The van der Waals surface area contributed by atoms with Gasteiger partial charge in [0.05, 0.1) is 0 Å². The molecule has 2 heterocycles. The third-order valence-electron chi connectivity index (χ3n) is 4.24. The van der Waals surface area contributed by atoms with E-state index in [-0.39, 0.29) is 0 Å². The number of nitrogens with zero attached hydrogens (tertiary/aromatic N) is 2. The van der Waals surface area contributed by atoms with Gasteiger partial charge < -0.3 is 9.64 Å². The Balaban J connectivity index is 1.51. The summed E-state index contributed by atoms with van der Waals surface area (Å²) in [5.74, 6) is 1.51. The first-order valence-corrected chi connectivity index (χ1v) is 7.72. The lowest BCUT2D eigenvalue weighted by atomic mass is 10.0. The van der Waals surface area contributed by atoms with Crippen LogP contribution in [0.5, 0.6) is 11.6 Å². The number of aromatic nitrogens is 1. The van der Waals surface area contributed by atoms with Gasteiger partial charge in [0.2, 0.25) is 5.88 Å². The number of ether oxygens (including phenoxy) is 1. The molecule has 110 valence electrons. The summed E-state index contributed by atoms with van der Waals surface area (Å²) in [6, 6.07) is 12.1. The third kappa shape index (κ3) is 2.62. The predicted molar refractivity (Wildman–Crippen MR) is 87.0 cm³/mol. The monoisotopic (exact) mass is 290 g/mol. The molecule has 1 aliphatic carbocycles. The molecule has 3 nitrogen and oxygen atoms in total. The Morgan fingerprint density at radius 2 is 1.86 bits per heavy atom. The maximum absolute atomic E-state index is 5.84. The summed E-state index contributed by atoms with van der Waals surface area (Å²) in [6.07, 6.45) is 10.4. The topological polar surface area (TPSA) is 25.4 Å². The molecule has 1 aromatic carbocycles. The standard InChI is InChI=1S/C19H18N2O/c1-2-11-20-19(6-1)22-18-8-7-15-9-12-21(17-4-3-5-17)13-10-16(15)14-18/h1-8,11,14H,9-10,12-13H2. The summed E-state index contributed by atoms with van der Waals surface area (Å²) >= 11 is 0. The lowest BCUT2D eigenvalue weighted by Gasteiger charge is -2.26. The van der Waals surface area contributed by atoms with Gasteiger partial charge in [0, 0.05) is 31.0 Å². The second-order valence-corrected chi connectivity index (χ2v) is 5.64. The summed E-state index contributed by atoms with van der Waals surface area (Å²) in [5.41, 5.74) is 4.18. The summed E-state index contributed by atoms with van der Waals surface area (Å²) < 4.78 is 5.84. The summed E-state index contributed by atoms with van der Waals surface area (Å²) in [7, 11) is 0. The van der Waals surface area contributed by atoms with Crippen molar-refractivity contribution >= 4 is 0 Å². The average molecular weight is 290 g/mol. The SMILES string of the molecule is C1=CC(N2CCc3ccc(Oc4ccccn4)cc3CC2)=C1. The molecule has 0 spiro atoms. The first kappa shape index (κ1) is 13.1. The highest BCUT2D eigenvalue weighted by Crippen LogP contribution is 2.26.